The third-order valence-corrected chi connectivity index (χ3v) is 22.0. The number of rotatable bonds is 53. The summed E-state index contributed by atoms with van der Waals surface area (Å²) < 4.78 is 6.56. The highest BCUT2D eigenvalue weighted by molar-refractivity contribution is 6.13. The number of amides is 3. The fraction of sp³-hybridized carbons (Fsp3) is 0.482. The Morgan fingerprint density at radius 2 is 0.943 bits per heavy atom. The molecule has 0 saturated carbocycles. The lowest BCUT2D eigenvalue weighted by Crippen LogP contribution is -2.51. The van der Waals surface area contributed by atoms with Crippen LogP contribution in [0.1, 0.15) is 164 Å². The second kappa shape index (κ2) is 45.1. The Bertz CT molecular complexity index is 4740. The van der Waals surface area contributed by atoms with Crippen molar-refractivity contribution >= 4 is 128 Å². The van der Waals surface area contributed by atoms with Crippen molar-refractivity contribution in [1.29, 1.82) is 0 Å². The maximum atomic E-state index is 15.3. The molecule has 0 spiro atoms. The predicted molar refractivity (Wildman–Crippen MR) is 447 cm³/mol. The van der Waals surface area contributed by atoms with Crippen LogP contribution in [0.25, 0.3) is 33.2 Å². The smallest absolute Gasteiger partial charge is 0.317 e. The molecule has 3 aromatic heterocycles. The van der Waals surface area contributed by atoms with Gasteiger partial charge in [0.05, 0.1) is 94.2 Å². The van der Waals surface area contributed by atoms with Crippen molar-refractivity contribution in [3.8, 4) is 0 Å². The van der Waals surface area contributed by atoms with E-state index in [9.17, 15) is 113 Å². The molecular weight excluding hydrogens is 1600 g/mol. The summed E-state index contributed by atoms with van der Waals surface area (Å²) in [7, 11) is 0. The number of aromatic amines is 2. The average molecular weight is 1710 g/mol. The molecule has 5 heterocycles. The number of carboxylic acid groups (broad SMARTS) is 10. The highest BCUT2D eigenvalue weighted by Crippen LogP contribution is 2.45. The molecule has 5 aromatic rings. The zero-order valence-corrected chi connectivity index (χ0v) is 69.9. The quantitative estimate of drug-likeness (QED) is 0.0201. The summed E-state index contributed by atoms with van der Waals surface area (Å²) in [5.41, 5.74) is 12.3. The summed E-state index contributed by atoms with van der Waals surface area (Å²) in [5.74, 6) is -17.3. The van der Waals surface area contributed by atoms with Crippen molar-refractivity contribution in [1.82, 2.24) is 54.2 Å². The second-order valence-electron chi connectivity index (χ2n) is 31.3. The lowest BCUT2D eigenvalue weighted by atomic mass is 9.85. The molecular formula is C85H109N13O25. The summed E-state index contributed by atoms with van der Waals surface area (Å²) in [6.07, 6.45) is 3.84. The lowest BCUT2D eigenvalue weighted by molar-refractivity contribution is -0.145. The Balaban J connectivity index is 1.14. The molecule has 0 radical (unpaired) electrons. The van der Waals surface area contributed by atoms with E-state index in [-0.39, 0.29) is 94.6 Å². The number of unbranched alkanes of at least 4 members (excludes halogenated alkanes) is 3. The minimum absolute atomic E-state index is 0.0159. The zero-order valence-electron chi connectivity index (χ0n) is 69.9. The van der Waals surface area contributed by atoms with Crippen LogP contribution in [0.4, 0.5) is 11.4 Å². The Hall–Kier alpha value is -12.2. The predicted octanol–water partition coefficient (Wildman–Crippen LogP) is 5.92. The fourth-order valence-electron chi connectivity index (χ4n) is 16.1. The van der Waals surface area contributed by atoms with Gasteiger partial charge in [0.25, 0.3) is 0 Å². The molecule has 14 N–H and O–H groups in total. The number of nitrogens with one attached hydrogen (secondary N) is 4. The number of Topliss-reactive ketones (excluding diaryl/α,β-unsaturated/α-hetero) is 1. The number of H-pyrrole nitrogens is 2. The molecule has 8 bridgehead atoms. The van der Waals surface area contributed by atoms with Gasteiger partial charge in [-0.1, -0.05) is 64.3 Å². The molecule has 1 aliphatic carbocycles. The van der Waals surface area contributed by atoms with E-state index < -0.39 is 180 Å². The van der Waals surface area contributed by atoms with Gasteiger partial charge < -0.3 is 81.3 Å². The third-order valence-electron chi connectivity index (χ3n) is 22.0. The Kier molecular flexibility index (Phi) is 35.3. The van der Waals surface area contributed by atoms with Crippen LogP contribution in [-0.4, -0.2) is 325 Å². The lowest BCUT2D eigenvalue weighted by Gasteiger charge is -2.34. The fourth-order valence-corrected chi connectivity index (χ4v) is 16.1. The zero-order chi connectivity index (χ0) is 90.2. The first-order valence-electron chi connectivity index (χ1n) is 40.5. The number of hydrogen-bond donors (Lipinski definition) is 14. The Morgan fingerprint density at radius 1 is 0.512 bits per heavy atom. The van der Waals surface area contributed by atoms with Crippen molar-refractivity contribution in [3.63, 3.8) is 0 Å². The molecule has 123 heavy (non-hydrogen) atoms. The average Bonchev–Trinajstić information content (AvgIpc) is 1.58. The monoisotopic (exact) mass is 1710 g/mol. The number of benzene rings is 2. The normalized spacial score (nSPS) is 14.5. The number of carboxylic acids is 10. The van der Waals surface area contributed by atoms with Crippen LogP contribution in [0.3, 0.4) is 0 Å². The first kappa shape index (κ1) is 96.3. The van der Waals surface area contributed by atoms with Crippen LogP contribution in [-0.2, 0) is 86.3 Å². The van der Waals surface area contributed by atoms with E-state index in [1.54, 1.807) is 0 Å². The molecule has 5 atom stereocenters. The first-order valence-corrected chi connectivity index (χ1v) is 40.5. The van der Waals surface area contributed by atoms with Crippen LogP contribution < -0.4 is 10.6 Å². The molecule has 3 aliphatic rings. The van der Waals surface area contributed by atoms with E-state index in [1.807, 2.05) is 52.8 Å². The van der Waals surface area contributed by atoms with Crippen LogP contribution in [0.5, 0.6) is 0 Å². The number of anilines is 2. The number of carbonyl (C=O) groups is 14. The highest BCUT2D eigenvalue weighted by Gasteiger charge is 2.38. The molecule has 2 aliphatic heterocycles. The Morgan fingerprint density at radius 3 is 1.38 bits per heavy atom. The van der Waals surface area contributed by atoms with Crippen LogP contribution in [0.2, 0.25) is 0 Å². The van der Waals surface area contributed by atoms with E-state index >= 15 is 4.79 Å². The van der Waals surface area contributed by atoms with E-state index in [4.69, 9.17) is 14.7 Å². The number of aliphatic carboxylic acids is 10. The van der Waals surface area contributed by atoms with Gasteiger partial charge in [-0.05, 0) is 136 Å². The summed E-state index contributed by atoms with van der Waals surface area (Å²) >= 11 is 0. The van der Waals surface area contributed by atoms with Gasteiger partial charge in [0.1, 0.15) is 13.1 Å². The van der Waals surface area contributed by atoms with E-state index in [2.05, 4.69) is 34.4 Å². The van der Waals surface area contributed by atoms with Gasteiger partial charge in [0.15, 0.2) is 5.78 Å². The van der Waals surface area contributed by atoms with Gasteiger partial charge in [0, 0.05) is 133 Å². The minimum Gasteiger partial charge on any atom is -0.480 e. The summed E-state index contributed by atoms with van der Waals surface area (Å²) in [5, 5.41) is 103. The van der Waals surface area contributed by atoms with Gasteiger partial charge >= 0.3 is 59.7 Å². The van der Waals surface area contributed by atoms with Crippen LogP contribution >= 0.6 is 0 Å². The maximum Gasteiger partial charge on any atom is 0.317 e. The van der Waals surface area contributed by atoms with Gasteiger partial charge in [-0.25, -0.2) is 4.98 Å². The van der Waals surface area contributed by atoms with E-state index in [1.165, 1.54) is 58.3 Å². The largest absolute Gasteiger partial charge is 0.480 e. The molecule has 2 aromatic carbocycles. The summed E-state index contributed by atoms with van der Waals surface area (Å²) in [6.45, 7) is 3.89. The number of ether oxygens (including phenoxy) is 1. The van der Waals surface area contributed by atoms with E-state index in [0.717, 1.165) is 100 Å². The standard InChI is InChI=1S/C85H109N13O25/c1-8-10-11-12-27-123-52(7)82-50(5)64-31-63-49(4)60(84(90-63)61-30-68(99)83-51(6)65(91-85(61)83)32-66-59(9-2)48(3)62(88-66)33-67(82)89-64)21-22-71(102)98(36-69(100)86-55-17-13-53(14-18-55)28-57(96(44-78(115)116)45-79(117)118)34-92(38-72(103)104)23-25-94(40-74(107)108)41-75(109)110)37-70(101)87-56-19-15-54(16-20-56)29-58(97(46-80(119)120)47-81(121)122)35-93(39-73(105)106)24-26-95(42-76(111)112)43-77(113)114/h13-20,31-33,49,52,57-58,60,89,91H,8-12,21-30,34-47H2,1-7H3,(H,86,100)(H,87,101)(H,103,104)(H,105,106)(H,107,108)(H,109,110)(H,111,112)(H,113,114)(H,115,116)(H,117,118)(H,119,120)(H,121,122)/t49-,52?,57?,58?,60-/m0/s1. The van der Waals surface area contributed by atoms with Gasteiger partial charge in [-0.15, -0.1) is 0 Å². The van der Waals surface area contributed by atoms with E-state index in [0.29, 0.717) is 57.7 Å². The van der Waals surface area contributed by atoms with Crippen molar-refractivity contribution in [3.05, 3.63) is 128 Å². The van der Waals surface area contributed by atoms with Gasteiger partial charge in [-0.3, -0.25) is 102 Å². The maximum absolute atomic E-state index is 15.3. The molecule has 3 unspecified atom stereocenters. The first-order chi connectivity index (χ1) is 58.3. The number of allylic oxidation sites excluding steroid dienone is 2. The highest BCUT2D eigenvalue weighted by atomic mass is 16.5. The summed E-state index contributed by atoms with van der Waals surface area (Å²) in [4.78, 5) is 205. The SMILES string of the molecule is CCCCCCOC(C)c1c(C)c2cc3nc(c4c5[nH]c(cc6nc(cc1[nH]2)C(C)=C6CC)c(C)c5C(=O)C4)[C@@H](CCC(=O)N(CC(=O)Nc1ccc(CC(CN(CCN(CC(=O)O)CC(=O)O)CC(=O)O)N(CC(=O)O)CC(=O)O)cc1)CC(=O)Nc1ccc(CC(CN(CCN(CC(=O)O)CC(=O)O)CC(=O)O)N(CC(=O)O)CC(=O)O)cc1)[C@@H]3C. The van der Waals surface area contributed by atoms with Gasteiger partial charge in [0.2, 0.25) is 17.7 Å². The number of aryl methyl sites for hydroxylation is 2. The number of carbonyl (C=O) groups excluding carboxylic acids is 4. The topological polar surface area (TPSA) is 555 Å². The van der Waals surface area contributed by atoms with Crippen molar-refractivity contribution in [2.75, 3.05) is 135 Å². The molecule has 0 saturated heterocycles. The van der Waals surface area contributed by atoms with Crippen LogP contribution in [0.15, 0.2) is 66.7 Å². The molecule has 664 valence electrons. The molecule has 38 heteroatoms. The van der Waals surface area contributed by atoms with Crippen molar-refractivity contribution in [2.45, 2.75) is 143 Å². The third kappa shape index (κ3) is 28.4. The Labute approximate surface area is 708 Å². The number of hydrogen-bond acceptors (Lipinski definition) is 23. The van der Waals surface area contributed by atoms with Crippen LogP contribution in [0, 0.1) is 13.8 Å². The number of fused-ring (bicyclic) bond motifs is 8. The summed E-state index contributed by atoms with van der Waals surface area (Å²) in [6, 6.07) is 15.7. The minimum atomic E-state index is -1.43. The molecule has 3 amide bonds. The molecule has 0 fully saturated rings. The van der Waals surface area contributed by atoms with Crippen molar-refractivity contribution < 1.29 is 123 Å². The molecule has 38 nitrogen and oxygen atoms in total. The number of aromatic nitrogens is 4. The number of ketones is 1. The molecule has 8 rings (SSSR count). The van der Waals surface area contributed by atoms with Crippen molar-refractivity contribution in [2.24, 2.45) is 0 Å². The van der Waals surface area contributed by atoms with Gasteiger partial charge in [-0.2, -0.15) is 0 Å². The second-order valence-corrected chi connectivity index (χ2v) is 31.3. The number of nitrogens with zero attached hydrogens (tertiary/aromatic N) is 9.